The van der Waals surface area contributed by atoms with Crippen LogP contribution in [-0.4, -0.2) is 51.4 Å². The van der Waals surface area contributed by atoms with Crippen LogP contribution in [0.25, 0.3) is 11.0 Å². The van der Waals surface area contributed by atoms with E-state index < -0.39 is 29.8 Å². The van der Waals surface area contributed by atoms with E-state index in [1.54, 1.807) is 33.4 Å². The maximum Gasteiger partial charge on any atom is 0.266 e. The molecule has 3 rings (SSSR count). The molecule has 0 spiro atoms. The van der Waals surface area contributed by atoms with Gasteiger partial charge in [0.2, 0.25) is 0 Å². The fraction of sp³-hybridized carbons (Fsp3) is 0.286. The molecule has 1 aromatic carbocycles. The Kier molecular flexibility index (Phi) is 7.07. The van der Waals surface area contributed by atoms with Crippen LogP contribution in [0.4, 0.5) is 24.8 Å². The van der Waals surface area contributed by atoms with Crippen molar-refractivity contribution in [2.24, 2.45) is 4.99 Å². The fourth-order valence-electron chi connectivity index (χ4n) is 3.20. The molecule has 9 nitrogen and oxygen atoms in total. The molecule has 174 valence electrons. The quantitative estimate of drug-likeness (QED) is 0.277. The highest BCUT2D eigenvalue weighted by atomic mass is 19.3. The average molecular weight is 461 g/mol. The number of hydrogen-bond donors (Lipinski definition) is 3. The minimum Gasteiger partial charge on any atom is -0.363 e. The molecule has 0 aliphatic carbocycles. The summed E-state index contributed by atoms with van der Waals surface area (Å²) < 4.78 is 40.9. The molecule has 3 N–H and O–H groups in total. The lowest BCUT2D eigenvalue weighted by Crippen LogP contribution is -2.22. The van der Waals surface area contributed by atoms with Gasteiger partial charge in [-0.1, -0.05) is 18.2 Å². The molecule has 1 amide bonds. The van der Waals surface area contributed by atoms with Crippen molar-refractivity contribution in [2.45, 2.75) is 26.3 Å². The number of aryl methyl sites for hydroxylation is 1. The van der Waals surface area contributed by atoms with Crippen LogP contribution >= 0.6 is 0 Å². The van der Waals surface area contributed by atoms with Crippen molar-refractivity contribution < 1.29 is 23.2 Å². The van der Waals surface area contributed by atoms with Gasteiger partial charge in [-0.05, 0) is 19.9 Å². The molecular weight excluding hydrogens is 439 g/mol. The van der Waals surface area contributed by atoms with Gasteiger partial charge in [-0.2, -0.15) is 0 Å². The van der Waals surface area contributed by atoms with E-state index in [-0.39, 0.29) is 28.4 Å². The lowest BCUT2D eigenvalue weighted by atomic mass is 10.0. The number of nitrogens with one attached hydrogen (secondary N) is 2. The first-order valence-corrected chi connectivity index (χ1v) is 9.80. The van der Waals surface area contributed by atoms with E-state index in [0.717, 1.165) is 12.4 Å². The first kappa shape index (κ1) is 23.9. The van der Waals surface area contributed by atoms with E-state index >= 15 is 0 Å². The molecule has 33 heavy (non-hydrogen) atoms. The van der Waals surface area contributed by atoms with Gasteiger partial charge in [-0.15, -0.1) is 0 Å². The third-order valence-corrected chi connectivity index (χ3v) is 4.77. The molecule has 1 atom stereocenters. The number of fused-ring (bicyclic) bond motifs is 1. The number of hydrogen-bond acceptors (Lipinski definition) is 7. The van der Waals surface area contributed by atoms with Crippen LogP contribution in [0.1, 0.15) is 46.7 Å². The Labute approximate surface area is 187 Å². The second-order valence-electron chi connectivity index (χ2n) is 7.35. The molecular formula is C21H22F3N7O2. The predicted octanol–water partition coefficient (Wildman–Crippen LogP) is 3.92. The zero-order chi connectivity index (χ0) is 24.3. The van der Waals surface area contributed by atoms with Crippen molar-refractivity contribution >= 4 is 34.9 Å². The number of halogens is 3. The maximum atomic E-state index is 14.6. The number of aromatic nitrogens is 3. The number of anilines is 1. The van der Waals surface area contributed by atoms with Crippen molar-refractivity contribution in [2.75, 3.05) is 19.4 Å². The van der Waals surface area contributed by atoms with Gasteiger partial charge in [-0.3, -0.25) is 15.5 Å². The largest absolute Gasteiger partial charge is 0.363 e. The second kappa shape index (κ2) is 9.77. The number of rotatable bonds is 7. The van der Waals surface area contributed by atoms with Crippen LogP contribution in [0.2, 0.25) is 0 Å². The Morgan fingerprint density at radius 3 is 2.55 bits per heavy atom. The molecule has 0 saturated heterocycles. The zero-order valence-corrected chi connectivity index (χ0v) is 18.3. The Morgan fingerprint density at radius 1 is 1.21 bits per heavy atom. The van der Waals surface area contributed by atoms with E-state index in [1.807, 2.05) is 0 Å². The summed E-state index contributed by atoms with van der Waals surface area (Å²) in [6.07, 6.45) is -2.00. The van der Waals surface area contributed by atoms with Crippen LogP contribution in [0, 0.1) is 12.7 Å². The van der Waals surface area contributed by atoms with Gasteiger partial charge in [0, 0.05) is 19.7 Å². The van der Waals surface area contributed by atoms with Crippen LogP contribution in [0.3, 0.4) is 0 Å². The van der Waals surface area contributed by atoms with Crippen molar-refractivity contribution in [1.82, 2.24) is 25.3 Å². The summed E-state index contributed by atoms with van der Waals surface area (Å²) in [5.74, 6) is -0.839. The summed E-state index contributed by atoms with van der Waals surface area (Å²) in [5, 5.41) is 12.2. The molecule has 3 aromatic rings. The number of carbonyl (C=O) groups excluding carboxylic acids is 1. The van der Waals surface area contributed by atoms with E-state index in [0.29, 0.717) is 11.2 Å². The van der Waals surface area contributed by atoms with Gasteiger partial charge in [0.25, 0.3) is 12.3 Å². The SMILES string of the molecule is Cc1nc(NC(C)c2cccc(C(F)F)c2F)c2cc(C(=O)N(C)C)c(N=CNO)nc2n1. The molecule has 0 aliphatic heterocycles. The summed E-state index contributed by atoms with van der Waals surface area (Å²) in [6, 6.07) is 4.53. The number of alkyl halides is 2. The van der Waals surface area contributed by atoms with Crippen molar-refractivity contribution in [1.29, 1.82) is 0 Å². The topological polar surface area (TPSA) is 116 Å². The van der Waals surface area contributed by atoms with Crippen LogP contribution in [0.15, 0.2) is 29.3 Å². The maximum absolute atomic E-state index is 14.6. The van der Waals surface area contributed by atoms with Gasteiger partial charge in [0.1, 0.15) is 23.8 Å². The lowest BCUT2D eigenvalue weighted by molar-refractivity contribution is 0.0828. The number of hydroxylamine groups is 1. The number of amides is 1. The number of carbonyl (C=O) groups is 1. The highest BCUT2D eigenvalue weighted by Gasteiger charge is 2.22. The van der Waals surface area contributed by atoms with Gasteiger partial charge < -0.3 is 10.2 Å². The highest BCUT2D eigenvalue weighted by molar-refractivity contribution is 6.03. The molecule has 0 radical (unpaired) electrons. The van der Waals surface area contributed by atoms with Gasteiger partial charge in [0.05, 0.1) is 22.6 Å². The van der Waals surface area contributed by atoms with Gasteiger partial charge in [0.15, 0.2) is 11.5 Å². The molecule has 0 bridgehead atoms. The van der Waals surface area contributed by atoms with Crippen LogP contribution in [0.5, 0.6) is 0 Å². The minimum absolute atomic E-state index is 0.00975. The minimum atomic E-state index is -2.95. The summed E-state index contributed by atoms with van der Waals surface area (Å²) in [7, 11) is 3.10. The number of pyridine rings is 1. The van der Waals surface area contributed by atoms with Gasteiger partial charge >= 0.3 is 0 Å². The molecule has 0 aliphatic rings. The van der Waals surface area contributed by atoms with E-state index in [4.69, 9.17) is 5.21 Å². The van der Waals surface area contributed by atoms with Gasteiger partial charge in [-0.25, -0.2) is 33.1 Å². The molecule has 1 unspecified atom stereocenters. The fourth-order valence-corrected chi connectivity index (χ4v) is 3.20. The standard InChI is InChI=1S/C21H22F3N7O2/c1-10(12-6-5-7-13(16(12)22)17(23)24)27-19-14-8-15(21(32)31(3)4)18(25-9-26-33)30-20(14)29-11(2)28-19/h5-10,17,33H,1-4H3,(H2,25,26,27,28,29,30). The Hall–Kier alpha value is -3.80. The first-order valence-electron chi connectivity index (χ1n) is 9.80. The third-order valence-electron chi connectivity index (χ3n) is 4.77. The molecule has 2 aromatic heterocycles. The molecule has 0 fully saturated rings. The van der Waals surface area contributed by atoms with Crippen molar-refractivity contribution in [3.05, 3.63) is 52.6 Å². The summed E-state index contributed by atoms with van der Waals surface area (Å²) in [5.41, 5.74) is 1.40. The number of nitrogens with zero attached hydrogens (tertiary/aromatic N) is 5. The predicted molar refractivity (Wildman–Crippen MR) is 117 cm³/mol. The molecule has 0 saturated carbocycles. The molecule has 12 heteroatoms. The summed E-state index contributed by atoms with van der Waals surface area (Å²) >= 11 is 0. The summed E-state index contributed by atoms with van der Waals surface area (Å²) in [6.45, 7) is 3.22. The highest BCUT2D eigenvalue weighted by Crippen LogP contribution is 2.31. The Balaban J connectivity index is 2.13. The number of benzene rings is 1. The lowest BCUT2D eigenvalue weighted by Gasteiger charge is -2.19. The molecule has 2 heterocycles. The number of aliphatic imine (C=N–C) groups is 1. The van der Waals surface area contributed by atoms with Crippen LogP contribution < -0.4 is 10.8 Å². The van der Waals surface area contributed by atoms with E-state index in [1.165, 1.54) is 23.1 Å². The smallest absolute Gasteiger partial charge is 0.266 e. The summed E-state index contributed by atoms with van der Waals surface area (Å²) in [4.78, 5) is 30.9. The first-order chi connectivity index (χ1) is 15.6. The average Bonchev–Trinajstić information content (AvgIpc) is 2.76. The van der Waals surface area contributed by atoms with E-state index in [2.05, 4.69) is 25.3 Å². The van der Waals surface area contributed by atoms with E-state index in [9.17, 15) is 18.0 Å². The third kappa shape index (κ3) is 5.00. The second-order valence-corrected chi connectivity index (χ2v) is 7.35. The Bertz CT molecular complexity index is 1220. The van der Waals surface area contributed by atoms with Crippen molar-refractivity contribution in [3.63, 3.8) is 0 Å². The monoisotopic (exact) mass is 461 g/mol. The normalized spacial score (nSPS) is 12.4. The van der Waals surface area contributed by atoms with Crippen LogP contribution in [-0.2, 0) is 0 Å². The zero-order valence-electron chi connectivity index (χ0n) is 18.3. The Morgan fingerprint density at radius 2 is 1.91 bits per heavy atom. The van der Waals surface area contributed by atoms with Crippen molar-refractivity contribution in [3.8, 4) is 0 Å².